The first-order valence-electron chi connectivity index (χ1n) is 6.77. The Hall–Kier alpha value is -0.650. The van der Waals surface area contributed by atoms with Gasteiger partial charge in [-0.05, 0) is 25.7 Å². The van der Waals surface area contributed by atoms with Crippen molar-refractivity contribution >= 4 is 5.91 Å². The minimum absolute atomic E-state index is 0.00458. The monoisotopic (exact) mass is 259 g/mol. The van der Waals surface area contributed by atoms with Gasteiger partial charge in [0.05, 0.1) is 19.3 Å². The molecule has 0 aromatic heterocycles. The van der Waals surface area contributed by atoms with Crippen LogP contribution >= 0.6 is 0 Å². The Morgan fingerprint density at radius 1 is 1.44 bits per heavy atom. The van der Waals surface area contributed by atoms with Crippen LogP contribution in [0.15, 0.2) is 0 Å². The van der Waals surface area contributed by atoms with E-state index in [9.17, 15) is 4.79 Å². The SMILES string of the molecule is COCCN(CCO)C(=O)CCC1CCCCO1. The van der Waals surface area contributed by atoms with Gasteiger partial charge in [-0.2, -0.15) is 0 Å². The fraction of sp³-hybridized carbons (Fsp3) is 0.923. The molecule has 0 aromatic rings. The predicted molar refractivity (Wildman–Crippen MR) is 68.4 cm³/mol. The lowest BCUT2D eigenvalue weighted by Crippen LogP contribution is -2.36. The zero-order valence-corrected chi connectivity index (χ0v) is 11.3. The van der Waals surface area contributed by atoms with Gasteiger partial charge in [0.15, 0.2) is 0 Å². The number of hydrogen-bond acceptors (Lipinski definition) is 4. The summed E-state index contributed by atoms with van der Waals surface area (Å²) >= 11 is 0. The molecule has 1 N–H and O–H groups in total. The van der Waals surface area contributed by atoms with E-state index in [1.807, 2.05) is 0 Å². The van der Waals surface area contributed by atoms with Gasteiger partial charge >= 0.3 is 0 Å². The van der Waals surface area contributed by atoms with E-state index >= 15 is 0 Å². The molecule has 1 fully saturated rings. The molecular weight excluding hydrogens is 234 g/mol. The topological polar surface area (TPSA) is 59.0 Å². The summed E-state index contributed by atoms with van der Waals surface area (Å²) in [5.74, 6) is 0.0790. The molecule has 0 radical (unpaired) electrons. The highest BCUT2D eigenvalue weighted by Gasteiger charge is 2.18. The second-order valence-electron chi connectivity index (χ2n) is 4.62. The van der Waals surface area contributed by atoms with Gasteiger partial charge in [0.1, 0.15) is 0 Å². The fourth-order valence-electron chi connectivity index (χ4n) is 2.16. The fourth-order valence-corrected chi connectivity index (χ4v) is 2.16. The van der Waals surface area contributed by atoms with E-state index in [1.54, 1.807) is 12.0 Å². The number of carbonyl (C=O) groups is 1. The average molecular weight is 259 g/mol. The first kappa shape index (κ1) is 15.4. The molecule has 18 heavy (non-hydrogen) atoms. The Kier molecular flexibility index (Phi) is 7.96. The van der Waals surface area contributed by atoms with Crippen LogP contribution < -0.4 is 0 Å². The van der Waals surface area contributed by atoms with Crippen molar-refractivity contribution in [2.24, 2.45) is 0 Å². The van der Waals surface area contributed by atoms with Crippen LogP contribution in [0.3, 0.4) is 0 Å². The Bertz CT molecular complexity index is 229. The summed E-state index contributed by atoms with van der Waals surface area (Å²) in [4.78, 5) is 13.6. The number of ether oxygens (including phenoxy) is 2. The van der Waals surface area contributed by atoms with Crippen molar-refractivity contribution < 1.29 is 19.4 Å². The summed E-state index contributed by atoms with van der Waals surface area (Å²) in [6, 6.07) is 0. The molecule has 5 heteroatoms. The lowest BCUT2D eigenvalue weighted by atomic mass is 10.0. The zero-order chi connectivity index (χ0) is 13.2. The lowest BCUT2D eigenvalue weighted by Gasteiger charge is -2.25. The van der Waals surface area contributed by atoms with E-state index in [2.05, 4.69) is 0 Å². The molecular formula is C13H25NO4. The van der Waals surface area contributed by atoms with E-state index in [0.29, 0.717) is 26.1 Å². The molecule has 1 unspecified atom stereocenters. The number of amides is 1. The normalized spacial score (nSPS) is 19.8. The van der Waals surface area contributed by atoms with Gasteiger partial charge in [0.25, 0.3) is 0 Å². The van der Waals surface area contributed by atoms with Gasteiger partial charge in [-0.25, -0.2) is 0 Å². The van der Waals surface area contributed by atoms with Crippen molar-refractivity contribution in [2.75, 3.05) is 40.0 Å². The Labute approximate surface area is 109 Å². The van der Waals surface area contributed by atoms with Crippen LogP contribution in [0.4, 0.5) is 0 Å². The molecule has 0 spiro atoms. The molecule has 1 rings (SSSR count). The van der Waals surface area contributed by atoms with Gasteiger partial charge in [0.2, 0.25) is 5.91 Å². The second-order valence-corrected chi connectivity index (χ2v) is 4.62. The van der Waals surface area contributed by atoms with E-state index in [0.717, 1.165) is 25.9 Å². The quantitative estimate of drug-likeness (QED) is 0.700. The number of methoxy groups -OCH3 is 1. The van der Waals surface area contributed by atoms with Crippen molar-refractivity contribution in [3.05, 3.63) is 0 Å². The van der Waals surface area contributed by atoms with E-state index in [1.165, 1.54) is 6.42 Å². The summed E-state index contributed by atoms with van der Waals surface area (Å²) in [5.41, 5.74) is 0. The van der Waals surface area contributed by atoms with Gasteiger partial charge < -0.3 is 19.5 Å². The van der Waals surface area contributed by atoms with E-state index in [4.69, 9.17) is 14.6 Å². The average Bonchev–Trinajstić information content (AvgIpc) is 2.42. The Morgan fingerprint density at radius 2 is 2.28 bits per heavy atom. The van der Waals surface area contributed by atoms with Crippen molar-refractivity contribution in [1.29, 1.82) is 0 Å². The molecule has 1 saturated heterocycles. The third kappa shape index (κ3) is 5.80. The van der Waals surface area contributed by atoms with Gasteiger partial charge in [0, 0.05) is 33.2 Å². The number of aliphatic hydroxyl groups excluding tert-OH is 1. The van der Waals surface area contributed by atoms with Crippen LogP contribution in [0.5, 0.6) is 0 Å². The first-order valence-corrected chi connectivity index (χ1v) is 6.77. The number of nitrogens with zero attached hydrogens (tertiary/aromatic N) is 1. The number of rotatable bonds is 8. The van der Waals surface area contributed by atoms with Crippen LogP contribution in [-0.2, 0) is 14.3 Å². The van der Waals surface area contributed by atoms with Crippen LogP contribution in [0.2, 0.25) is 0 Å². The van der Waals surface area contributed by atoms with Crippen molar-refractivity contribution in [3.63, 3.8) is 0 Å². The molecule has 0 aromatic carbocycles. The lowest BCUT2D eigenvalue weighted by molar-refractivity contribution is -0.133. The smallest absolute Gasteiger partial charge is 0.222 e. The minimum atomic E-state index is -0.00458. The van der Waals surface area contributed by atoms with Crippen molar-refractivity contribution in [2.45, 2.75) is 38.2 Å². The largest absolute Gasteiger partial charge is 0.395 e. The molecule has 1 aliphatic rings. The van der Waals surface area contributed by atoms with Crippen LogP contribution in [0.1, 0.15) is 32.1 Å². The van der Waals surface area contributed by atoms with E-state index in [-0.39, 0.29) is 18.6 Å². The highest BCUT2D eigenvalue weighted by atomic mass is 16.5. The van der Waals surface area contributed by atoms with E-state index < -0.39 is 0 Å². The van der Waals surface area contributed by atoms with Gasteiger partial charge in [-0.15, -0.1) is 0 Å². The van der Waals surface area contributed by atoms with Crippen LogP contribution in [0, 0.1) is 0 Å². The molecule has 1 amide bonds. The summed E-state index contributed by atoms with van der Waals surface area (Å²) < 4.78 is 10.6. The predicted octanol–water partition coefficient (Wildman–Crippen LogP) is 0.803. The number of aliphatic hydroxyl groups is 1. The number of hydrogen-bond donors (Lipinski definition) is 1. The Balaban J connectivity index is 2.26. The van der Waals surface area contributed by atoms with Gasteiger partial charge in [-0.1, -0.05) is 0 Å². The first-order chi connectivity index (χ1) is 8.77. The van der Waals surface area contributed by atoms with Crippen molar-refractivity contribution in [1.82, 2.24) is 4.90 Å². The second kappa shape index (κ2) is 9.30. The van der Waals surface area contributed by atoms with Crippen LogP contribution in [-0.4, -0.2) is 62.0 Å². The molecule has 106 valence electrons. The molecule has 0 saturated carbocycles. The highest BCUT2D eigenvalue weighted by molar-refractivity contribution is 5.76. The molecule has 5 nitrogen and oxygen atoms in total. The summed E-state index contributed by atoms with van der Waals surface area (Å²) in [6.07, 6.45) is 4.91. The Morgan fingerprint density at radius 3 is 2.89 bits per heavy atom. The molecule has 1 atom stereocenters. The molecule has 0 aliphatic carbocycles. The molecule has 0 bridgehead atoms. The van der Waals surface area contributed by atoms with Crippen molar-refractivity contribution in [3.8, 4) is 0 Å². The minimum Gasteiger partial charge on any atom is -0.395 e. The summed E-state index contributed by atoms with van der Waals surface area (Å²) in [5, 5.41) is 8.94. The maximum Gasteiger partial charge on any atom is 0.222 e. The standard InChI is InChI=1S/C13H25NO4/c1-17-11-8-14(7-9-15)13(16)6-5-12-4-2-3-10-18-12/h12,15H,2-11H2,1H3. The maximum atomic E-state index is 12.0. The third-order valence-electron chi connectivity index (χ3n) is 3.24. The highest BCUT2D eigenvalue weighted by Crippen LogP contribution is 2.17. The third-order valence-corrected chi connectivity index (χ3v) is 3.24. The van der Waals surface area contributed by atoms with Crippen LogP contribution in [0.25, 0.3) is 0 Å². The number of carbonyl (C=O) groups excluding carboxylic acids is 1. The van der Waals surface area contributed by atoms with Gasteiger partial charge in [-0.3, -0.25) is 4.79 Å². The summed E-state index contributed by atoms with van der Waals surface area (Å²) in [7, 11) is 1.61. The molecule has 1 aliphatic heterocycles. The summed E-state index contributed by atoms with van der Waals surface area (Å²) in [6.45, 7) is 2.25. The maximum absolute atomic E-state index is 12.0. The molecule has 1 heterocycles. The zero-order valence-electron chi connectivity index (χ0n) is 11.3.